The van der Waals surface area contributed by atoms with Crippen LogP contribution < -0.4 is 10.1 Å². The first-order valence-electron chi connectivity index (χ1n) is 5.59. The summed E-state index contributed by atoms with van der Waals surface area (Å²) in [6.07, 6.45) is 6.25. The number of rotatable bonds is 3. The molecular weight excluding hydrogens is 206 g/mol. The van der Waals surface area contributed by atoms with Crippen LogP contribution in [-0.2, 0) is 7.05 Å². The van der Waals surface area contributed by atoms with Crippen LogP contribution in [0.1, 0.15) is 36.0 Å². The van der Waals surface area contributed by atoms with Gasteiger partial charge in [0.1, 0.15) is 5.56 Å². The van der Waals surface area contributed by atoms with Gasteiger partial charge in [-0.05, 0) is 12.8 Å². The second-order valence-corrected chi connectivity index (χ2v) is 4.18. The molecule has 0 aromatic carbocycles. The number of nitrogens with zero attached hydrogens (tertiary/aromatic N) is 2. The first-order valence-corrected chi connectivity index (χ1v) is 5.59. The summed E-state index contributed by atoms with van der Waals surface area (Å²) in [5, 5.41) is 7.07. The fourth-order valence-corrected chi connectivity index (χ4v) is 2.11. The highest BCUT2D eigenvalue weighted by atomic mass is 16.5. The Morgan fingerprint density at radius 1 is 1.56 bits per heavy atom. The Bertz CT molecular complexity index is 381. The number of amides is 1. The first kappa shape index (κ1) is 11.0. The SMILES string of the molecule is COc1nn(C)cc1C(=O)NC1CCCC1. The molecule has 0 bridgehead atoms. The van der Waals surface area contributed by atoms with E-state index in [1.807, 2.05) is 0 Å². The first-order chi connectivity index (χ1) is 7.70. The highest BCUT2D eigenvalue weighted by Gasteiger charge is 2.21. The maximum atomic E-state index is 11.9. The van der Waals surface area contributed by atoms with Gasteiger partial charge in [0, 0.05) is 19.3 Å². The van der Waals surface area contributed by atoms with Crippen LogP contribution in [0, 0.1) is 0 Å². The molecule has 5 nitrogen and oxygen atoms in total. The number of hydrogen-bond donors (Lipinski definition) is 1. The van der Waals surface area contributed by atoms with Crippen molar-refractivity contribution in [2.24, 2.45) is 7.05 Å². The minimum absolute atomic E-state index is 0.0862. The zero-order valence-electron chi connectivity index (χ0n) is 9.69. The van der Waals surface area contributed by atoms with Gasteiger partial charge in [-0.1, -0.05) is 12.8 Å². The average molecular weight is 223 g/mol. The number of methoxy groups -OCH3 is 1. The van der Waals surface area contributed by atoms with E-state index in [1.165, 1.54) is 20.0 Å². The lowest BCUT2D eigenvalue weighted by atomic mass is 10.2. The van der Waals surface area contributed by atoms with Gasteiger partial charge in [0.15, 0.2) is 0 Å². The number of aryl methyl sites for hydroxylation is 1. The average Bonchev–Trinajstić information content (AvgIpc) is 2.86. The van der Waals surface area contributed by atoms with Gasteiger partial charge in [0.05, 0.1) is 7.11 Å². The maximum absolute atomic E-state index is 11.9. The van der Waals surface area contributed by atoms with Crippen molar-refractivity contribution in [3.05, 3.63) is 11.8 Å². The van der Waals surface area contributed by atoms with Crippen molar-refractivity contribution in [2.75, 3.05) is 7.11 Å². The molecule has 0 atom stereocenters. The number of aromatic nitrogens is 2. The fourth-order valence-electron chi connectivity index (χ4n) is 2.11. The predicted molar refractivity (Wildman–Crippen MR) is 59.5 cm³/mol. The highest BCUT2D eigenvalue weighted by molar-refractivity contribution is 5.96. The zero-order chi connectivity index (χ0) is 11.5. The lowest BCUT2D eigenvalue weighted by Gasteiger charge is -2.10. The van der Waals surface area contributed by atoms with Crippen LogP contribution in [-0.4, -0.2) is 28.8 Å². The van der Waals surface area contributed by atoms with Crippen LogP contribution >= 0.6 is 0 Å². The third-order valence-corrected chi connectivity index (χ3v) is 2.92. The van der Waals surface area contributed by atoms with Gasteiger partial charge < -0.3 is 10.1 Å². The molecular formula is C11H17N3O2. The number of carbonyl (C=O) groups excluding carboxylic acids is 1. The Labute approximate surface area is 94.8 Å². The van der Waals surface area contributed by atoms with E-state index in [2.05, 4.69) is 10.4 Å². The van der Waals surface area contributed by atoms with E-state index < -0.39 is 0 Å². The summed E-state index contributed by atoms with van der Waals surface area (Å²) in [5.41, 5.74) is 0.511. The number of carbonyl (C=O) groups is 1. The molecule has 2 rings (SSSR count). The molecule has 0 spiro atoms. The number of ether oxygens (including phenoxy) is 1. The Hall–Kier alpha value is -1.52. The molecule has 1 aromatic rings. The van der Waals surface area contributed by atoms with E-state index in [9.17, 15) is 4.79 Å². The minimum atomic E-state index is -0.0862. The lowest BCUT2D eigenvalue weighted by molar-refractivity contribution is 0.0935. The maximum Gasteiger partial charge on any atom is 0.258 e. The third-order valence-electron chi connectivity index (χ3n) is 2.92. The Balaban J connectivity index is 2.07. The van der Waals surface area contributed by atoms with Crippen molar-refractivity contribution in [3.8, 4) is 5.88 Å². The van der Waals surface area contributed by atoms with Crippen LogP contribution in [0.3, 0.4) is 0 Å². The molecule has 0 saturated heterocycles. The number of nitrogens with one attached hydrogen (secondary N) is 1. The summed E-state index contributed by atoms with van der Waals surface area (Å²) in [6, 6.07) is 0.317. The van der Waals surface area contributed by atoms with Crippen LogP contribution in [0.2, 0.25) is 0 Å². The molecule has 1 aliphatic carbocycles. The molecule has 1 aromatic heterocycles. The van der Waals surface area contributed by atoms with Crippen molar-refractivity contribution in [2.45, 2.75) is 31.7 Å². The smallest absolute Gasteiger partial charge is 0.258 e. The Kier molecular flexibility index (Phi) is 3.12. The summed E-state index contributed by atoms with van der Waals surface area (Å²) in [4.78, 5) is 11.9. The quantitative estimate of drug-likeness (QED) is 0.834. The fraction of sp³-hybridized carbons (Fsp3) is 0.636. The van der Waals surface area contributed by atoms with Gasteiger partial charge in [-0.2, -0.15) is 0 Å². The molecule has 1 N–H and O–H groups in total. The topological polar surface area (TPSA) is 56.2 Å². The summed E-state index contributed by atoms with van der Waals surface area (Å²) < 4.78 is 6.64. The Morgan fingerprint density at radius 2 is 2.25 bits per heavy atom. The van der Waals surface area contributed by atoms with Crippen molar-refractivity contribution < 1.29 is 9.53 Å². The summed E-state index contributed by atoms with van der Waals surface area (Å²) in [6.45, 7) is 0. The monoisotopic (exact) mass is 223 g/mol. The van der Waals surface area contributed by atoms with Gasteiger partial charge in [-0.25, -0.2) is 0 Å². The number of hydrogen-bond acceptors (Lipinski definition) is 3. The molecule has 1 heterocycles. The summed E-state index contributed by atoms with van der Waals surface area (Å²) in [7, 11) is 3.30. The van der Waals surface area contributed by atoms with Crippen molar-refractivity contribution in [1.29, 1.82) is 0 Å². The van der Waals surface area contributed by atoms with E-state index >= 15 is 0 Å². The van der Waals surface area contributed by atoms with Crippen molar-refractivity contribution >= 4 is 5.91 Å². The molecule has 1 aliphatic rings. The van der Waals surface area contributed by atoms with Gasteiger partial charge in [0.2, 0.25) is 5.88 Å². The van der Waals surface area contributed by atoms with E-state index in [4.69, 9.17) is 4.74 Å². The standard InChI is InChI=1S/C11H17N3O2/c1-14-7-9(11(13-14)16-2)10(15)12-8-5-3-4-6-8/h7-8H,3-6H2,1-2H3,(H,12,15). The molecule has 0 unspecified atom stereocenters. The van der Waals surface area contributed by atoms with Crippen LogP contribution in [0.25, 0.3) is 0 Å². The van der Waals surface area contributed by atoms with Gasteiger partial charge in [0.25, 0.3) is 5.91 Å². The van der Waals surface area contributed by atoms with E-state index in [-0.39, 0.29) is 5.91 Å². The predicted octanol–water partition coefficient (Wildman–Crippen LogP) is 1.10. The van der Waals surface area contributed by atoms with Gasteiger partial charge in [-0.15, -0.1) is 5.10 Å². The van der Waals surface area contributed by atoms with Crippen LogP contribution in [0.4, 0.5) is 0 Å². The van der Waals surface area contributed by atoms with Crippen molar-refractivity contribution in [1.82, 2.24) is 15.1 Å². The zero-order valence-corrected chi connectivity index (χ0v) is 9.69. The molecule has 1 saturated carbocycles. The molecule has 16 heavy (non-hydrogen) atoms. The minimum Gasteiger partial charge on any atom is -0.479 e. The normalized spacial score (nSPS) is 16.4. The molecule has 1 fully saturated rings. The van der Waals surface area contributed by atoms with E-state index in [1.54, 1.807) is 17.9 Å². The second-order valence-electron chi connectivity index (χ2n) is 4.18. The Morgan fingerprint density at radius 3 is 2.88 bits per heavy atom. The van der Waals surface area contributed by atoms with Gasteiger partial charge >= 0.3 is 0 Å². The molecule has 5 heteroatoms. The second kappa shape index (κ2) is 4.55. The lowest BCUT2D eigenvalue weighted by Crippen LogP contribution is -2.32. The van der Waals surface area contributed by atoms with Crippen molar-refractivity contribution in [3.63, 3.8) is 0 Å². The molecule has 1 amide bonds. The summed E-state index contributed by atoms with van der Waals surface area (Å²) >= 11 is 0. The van der Waals surface area contributed by atoms with Crippen LogP contribution in [0.15, 0.2) is 6.20 Å². The van der Waals surface area contributed by atoms with Gasteiger partial charge in [-0.3, -0.25) is 9.48 Å². The summed E-state index contributed by atoms with van der Waals surface area (Å²) in [5.74, 6) is 0.301. The molecule has 0 radical (unpaired) electrons. The molecule has 0 aliphatic heterocycles. The third kappa shape index (κ3) is 2.18. The highest BCUT2D eigenvalue weighted by Crippen LogP contribution is 2.20. The van der Waals surface area contributed by atoms with E-state index in [0.29, 0.717) is 17.5 Å². The largest absolute Gasteiger partial charge is 0.479 e. The van der Waals surface area contributed by atoms with Crippen LogP contribution in [0.5, 0.6) is 5.88 Å². The van der Waals surface area contributed by atoms with E-state index in [0.717, 1.165) is 12.8 Å². The molecule has 88 valence electrons.